The molecule has 7 nitrogen and oxygen atoms in total. The summed E-state index contributed by atoms with van der Waals surface area (Å²) < 4.78 is 18.7. The van der Waals surface area contributed by atoms with E-state index in [2.05, 4.69) is 15.3 Å². The van der Waals surface area contributed by atoms with Crippen LogP contribution in [-0.4, -0.2) is 28.9 Å². The molecule has 8 heteroatoms. The number of methoxy groups -OCH3 is 1. The number of nitrogens with zero attached hydrogens (tertiary/aromatic N) is 3. The van der Waals surface area contributed by atoms with Gasteiger partial charge in [0, 0.05) is 23.8 Å². The topological polar surface area (TPSA) is 84.4 Å². The van der Waals surface area contributed by atoms with Crippen molar-refractivity contribution in [1.29, 1.82) is 0 Å². The molecule has 0 fully saturated rings. The first kappa shape index (κ1) is 24.5. The van der Waals surface area contributed by atoms with Crippen LogP contribution >= 0.6 is 0 Å². The van der Waals surface area contributed by atoms with Crippen LogP contribution in [0.2, 0.25) is 0 Å². The lowest BCUT2D eigenvalue weighted by molar-refractivity contribution is -0.117. The summed E-state index contributed by atoms with van der Waals surface area (Å²) in [7, 11) is 1.55. The minimum Gasteiger partial charge on any atom is -0.497 e. The van der Waals surface area contributed by atoms with Gasteiger partial charge in [-0.2, -0.15) is 0 Å². The summed E-state index contributed by atoms with van der Waals surface area (Å²) >= 11 is 0. The quantitative estimate of drug-likeness (QED) is 0.371. The van der Waals surface area contributed by atoms with Crippen LogP contribution in [0.25, 0.3) is 0 Å². The van der Waals surface area contributed by atoms with E-state index in [1.807, 2.05) is 31.2 Å². The van der Waals surface area contributed by atoms with Crippen LogP contribution in [0.5, 0.6) is 5.75 Å². The van der Waals surface area contributed by atoms with Crippen LogP contribution in [0.3, 0.4) is 0 Å². The molecule has 0 unspecified atom stereocenters. The summed E-state index contributed by atoms with van der Waals surface area (Å²) in [6, 6.07) is 18.7. The third-order valence-electron chi connectivity index (χ3n) is 5.67. The molecule has 0 bridgehead atoms. The zero-order chi connectivity index (χ0) is 25.5. The predicted octanol–water partition coefficient (Wildman–Crippen LogP) is 5.21. The van der Waals surface area contributed by atoms with Crippen molar-refractivity contribution in [3.05, 3.63) is 114 Å². The van der Waals surface area contributed by atoms with Crippen molar-refractivity contribution in [2.75, 3.05) is 17.3 Å². The van der Waals surface area contributed by atoms with Gasteiger partial charge < -0.3 is 10.1 Å². The molecule has 0 aliphatic heterocycles. The highest BCUT2D eigenvalue weighted by Gasteiger charge is 2.34. The first-order valence-electron chi connectivity index (χ1n) is 11.4. The van der Waals surface area contributed by atoms with E-state index in [0.717, 1.165) is 12.0 Å². The van der Waals surface area contributed by atoms with Crippen LogP contribution in [0.15, 0.2) is 91.4 Å². The highest BCUT2D eigenvalue weighted by atomic mass is 19.1. The molecule has 3 aromatic carbocycles. The SMILES string of the molecule is CCc1ccc([C@@H](C(=O)Nc2ccc(F)cc2)N(C(=O)c2cnccn2)c2ccc(OC)cc2)cc1. The van der Waals surface area contributed by atoms with E-state index < -0.39 is 23.7 Å². The standard InChI is InChI=1S/C28H25FN4O3/c1-3-19-4-6-20(7-5-19)26(27(34)32-22-10-8-21(29)9-11-22)33(23-12-14-24(36-2)15-13-23)28(35)25-18-30-16-17-31-25/h4-18,26H,3H2,1-2H3,(H,32,34)/t26-/m0/s1. The Balaban J connectivity index is 1.83. The number of aryl methyl sites for hydroxylation is 1. The van der Waals surface area contributed by atoms with Gasteiger partial charge in [-0.05, 0) is 66.1 Å². The maximum Gasteiger partial charge on any atom is 0.279 e. The van der Waals surface area contributed by atoms with Gasteiger partial charge in [-0.15, -0.1) is 0 Å². The highest BCUT2D eigenvalue weighted by molar-refractivity contribution is 6.11. The van der Waals surface area contributed by atoms with Crippen LogP contribution in [-0.2, 0) is 11.2 Å². The molecule has 0 aliphatic carbocycles. The number of carbonyl (C=O) groups is 2. The van der Waals surface area contributed by atoms with Gasteiger partial charge in [0.25, 0.3) is 11.8 Å². The number of amides is 2. The Kier molecular flexibility index (Phi) is 7.65. The zero-order valence-corrected chi connectivity index (χ0v) is 19.9. The molecule has 0 spiro atoms. The summed E-state index contributed by atoms with van der Waals surface area (Å²) in [4.78, 5) is 37.1. The summed E-state index contributed by atoms with van der Waals surface area (Å²) in [5, 5.41) is 2.82. The van der Waals surface area contributed by atoms with Crippen molar-refractivity contribution in [3.8, 4) is 5.75 Å². The summed E-state index contributed by atoms with van der Waals surface area (Å²) in [5.41, 5.74) is 2.63. The number of anilines is 2. The fourth-order valence-electron chi connectivity index (χ4n) is 3.76. The normalized spacial score (nSPS) is 11.4. The molecule has 1 aromatic heterocycles. The van der Waals surface area contributed by atoms with Gasteiger partial charge in [-0.3, -0.25) is 19.5 Å². The lowest BCUT2D eigenvalue weighted by Gasteiger charge is -2.31. The van der Waals surface area contributed by atoms with Gasteiger partial charge >= 0.3 is 0 Å². The van der Waals surface area contributed by atoms with Crippen molar-refractivity contribution in [2.45, 2.75) is 19.4 Å². The summed E-state index contributed by atoms with van der Waals surface area (Å²) in [6.07, 6.45) is 5.07. The third kappa shape index (κ3) is 5.55. The number of hydrogen-bond donors (Lipinski definition) is 1. The molecule has 0 radical (unpaired) electrons. The van der Waals surface area contributed by atoms with Crippen molar-refractivity contribution in [2.24, 2.45) is 0 Å². The van der Waals surface area contributed by atoms with Gasteiger partial charge in [0.05, 0.1) is 13.3 Å². The van der Waals surface area contributed by atoms with Crippen molar-refractivity contribution >= 4 is 23.2 Å². The monoisotopic (exact) mass is 484 g/mol. The van der Waals surface area contributed by atoms with E-state index in [1.54, 1.807) is 31.4 Å². The van der Waals surface area contributed by atoms with Crippen LogP contribution in [0.1, 0.15) is 34.6 Å². The largest absolute Gasteiger partial charge is 0.497 e. The smallest absolute Gasteiger partial charge is 0.279 e. The average molecular weight is 485 g/mol. The van der Waals surface area contributed by atoms with Crippen LogP contribution < -0.4 is 15.0 Å². The second kappa shape index (κ2) is 11.2. The molecular weight excluding hydrogens is 459 g/mol. The van der Waals surface area contributed by atoms with Gasteiger partial charge in [0.2, 0.25) is 0 Å². The first-order valence-corrected chi connectivity index (χ1v) is 11.4. The third-order valence-corrected chi connectivity index (χ3v) is 5.67. The van der Waals surface area contributed by atoms with Crippen molar-refractivity contribution < 1.29 is 18.7 Å². The molecule has 1 N–H and O–H groups in total. The molecular formula is C28H25FN4O3. The Morgan fingerprint density at radius 2 is 1.67 bits per heavy atom. The van der Waals surface area contributed by atoms with Gasteiger partial charge in [-0.25, -0.2) is 9.37 Å². The van der Waals surface area contributed by atoms with Crippen LogP contribution in [0.4, 0.5) is 15.8 Å². The second-order valence-corrected chi connectivity index (χ2v) is 7.96. The number of benzene rings is 3. The summed E-state index contributed by atoms with van der Waals surface area (Å²) in [5.74, 6) is -0.798. The minimum atomic E-state index is -1.07. The second-order valence-electron chi connectivity index (χ2n) is 7.96. The number of ether oxygens (including phenoxy) is 1. The molecule has 4 aromatic rings. The van der Waals surface area contributed by atoms with E-state index in [0.29, 0.717) is 22.7 Å². The number of nitrogens with one attached hydrogen (secondary N) is 1. The average Bonchev–Trinajstić information content (AvgIpc) is 2.93. The fraction of sp³-hybridized carbons (Fsp3) is 0.143. The van der Waals surface area contributed by atoms with E-state index in [-0.39, 0.29) is 5.69 Å². The highest BCUT2D eigenvalue weighted by Crippen LogP contribution is 2.32. The fourth-order valence-corrected chi connectivity index (χ4v) is 3.76. The number of aromatic nitrogens is 2. The molecule has 182 valence electrons. The van der Waals surface area contributed by atoms with Crippen molar-refractivity contribution in [3.63, 3.8) is 0 Å². The number of hydrogen-bond acceptors (Lipinski definition) is 5. The zero-order valence-electron chi connectivity index (χ0n) is 19.9. The molecule has 1 atom stereocenters. The number of carbonyl (C=O) groups excluding carboxylic acids is 2. The molecule has 4 rings (SSSR count). The number of halogens is 1. The molecule has 0 saturated heterocycles. The summed E-state index contributed by atoms with van der Waals surface area (Å²) in [6.45, 7) is 2.04. The lowest BCUT2D eigenvalue weighted by atomic mass is 10.00. The Labute approximate surface area is 208 Å². The van der Waals surface area contributed by atoms with E-state index >= 15 is 0 Å². The van der Waals surface area contributed by atoms with E-state index in [4.69, 9.17) is 4.74 Å². The van der Waals surface area contributed by atoms with Gasteiger partial charge in [0.15, 0.2) is 0 Å². The lowest BCUT2D eigenvalue weighted by Crippen LogP contribution is -2.42. The maximum atomic E-state index is 13.8. The Morgan fingerprint density at radius 3 is 2.25 bits per heavy atom. The first-order chi connectivity index (χ1) is 17.5. The molecule has 2 amide bonds. The van der Waals surface area contributed by atoms with Crippen molar-refractivity contribution in [1.82, 2.24) is 9.97 Å². The molecule has 1 heterocycles. The molecule has 0 saturated carbocycles. The molecule has 0 aliphatic rings. The van der Waals surface area contributed by atoms with Crippen LogP contribution in [0, 0.1) is 5.82 Å². The Morgan fingerprint density at radius 1 is 0.972 bits per heavy atom. The van der Waals surface area contributed by atoms with E-state index in [9.17, 15) is 14.0 Å². The maximum absolute atomic E-state index is 13.8. The number of rotatable bonds is 8. The van der Waals surface area contributed by atoms with Gasteiger partial charge in [0.1, 0.15) is 23.3 Å². The van der Waals surface area contributed by atoms with E-state index in [1.165, 1.54) is 47.8 Å². The Hall–Kier alpha value is -4.59. The Bertz CT molecular complexity index is 1310. The van der Waals surface area contributed by atoms with Gasteiger partial charge in [-0.1, -0.05) is 31.2 Å². The molecule has 36 heavy (non-hydrogen) atoms. The minimum absolute atomic E-state index is 0.0816. The predicted molar refractivity (Wildman–Crippen MR) is 135 cm³/mol.